The third-order valence-corrected chi connectivity index (χ3v) is 2.83. The molecular formula is C13H12N4O2. The molecule has 1 aromatic heterocycles. The molecule has 0 radical (unpaired) electrons. The Balaban J connectivity index is 2.49. The van der Waals surface area contributed by atoms with Crippen molar-refractivity contribution in [2.24, 2.45) is 0 Å². The molecule has 0 fully saturated rings. The average Bonchev–Trinajstić information content (AvgIpc) is 2.70. The second-order valence-corrected chi connectivity index (χ2v) is 4.16. The van der Waals surface area contributed by atoms with Crippen molar-refractivity contribution in [1.29, 1.82) is 5.26 Å². The highest BCUT2D eigenvalue weighted by Gasteiger charge is 2.15. The van der Waals surface area contributed by atoms with Gasteiger partial charge in [0.25, 0.3) is 5.69 Å². The molecule has 0 saturated carbocycles. The zero-order chi connectivity index (χ0) is 14.0. The predicted molar refractivity (Wildman–Crippen MR) is 70.7 cm³/mol. The molecule has 0 bridgehead atoms. The number of hydrogen-bond acceptors (Lipinski definition) is 4. The summed E-state index contributed by atoms with van der Waals surface area (Å²) in [6.45, 7) is 3.78. The van der Waals surface area contributed by atoms with Crippen LogP contribution in [0.5, 0.6) is 0 Å². The van der Waals surface area contributed by atoms with Gasteiger partial charge in [0.2, 0.25) is 0 Å². The van der Waals surface area contributed by atoms with Gasteiger partial charge in [-0.25, -0.2) is 0 Å². The summed E-state index contributed by atoms with van der Waals surface area (Å²) >= 11 is 0. The molecule has 0 amide bonds. The Bertz CT molecular complexity index is 663. The molecule has 1 heterocycles. The van der Waals surface area contributed by atoms with Gasteiger partial charge in [0, 0.05) is 17.5 Å². The summed E-state index contributed by atoms with van der Waals surface area (Å²) in [5, 5.41) is 19.9. The van der Waals surface area contributed by atoms with E-state index in [9.17, 15) is 10.1 Å². The van der Waals surface area contributed by atoms with E-state index in [1.54, 1.807) is 4.68 Å². The highest BCUT2D eigenvalue weighted by atomic mass is 16.6. The molecule has 0 aliphatic carbocycles. The van der Waals surface area contributed by atoms with Gasteiger partial charge in [0.15, 0.2) is 0 Å². The van der Waals surface area contributed by atoms with Gasteiger partial charge < -0.3 is 0 Å². The first-order chi connectivity index (χ1) is 9.02. The maximum absolute atomic E-state index is 11.0. The minimum Gasteiger partial charge on any atom is -0.288 e. The van der Waals surface area contributed by atoms with Gasteiger partial charge in [-0.2, -0.15) is 5.26 Å². The van der Waals surface area contributed by atoms with Crippen molar-refractivity contribution >= 4 is 11.4 Å². The SMILES string of the molecule is Cc1ccc(C)n1Nc1cc(C#N)ccc1[N+](=O)[O-]. The number of nitro benzene ring substituents is 1. The maximum Gasteiger partial charge on any atom is 0.294 e. The van der Waals surface area contributed by atoms with Crippen LogP contribution in [0.4, 0.5) is 11.4 Å². The van der Waals surface area contributed by atoms with Crippen LogP contribution in [0.15, 0.2) is 30.3 Å². The molecule has 96 valence electrons. The van der Waals surface area contributed by atoms with Crippen molar-refractivity contribution in [3.05, 3.63) is 57.4 Å². The molecule has 6 heteroatoms. The van der Waals surface area contributed by atoms with Gasteiger partial charge in [0.1, 0.15) is 5.69 Å². The molecule has 6 nitrogen and oxygen atoms in total. The number of benzene rings is 1. The molecule has 0 aliphatic heterocycles. The van der Waals surface area contributed by atoms with E-state index >= 15 is 0 Å². The van der Waals surface area contributed by atoms with Crippen molar-refractivity contribution in [3.8, 4) is 6.07 Å². The number of rotatable bonds is 3. The van der Waals surface area contributed by atoms with E-state index in [4.69, 9.17) is 5.26 Å². The lowest BCUT2D eigenvalue weighted by atomic mass is 10.2. The topological polar surface area (TPSA) is 83.9 Å². The van der Waals surface area contributed by atoms with Crippen molar-refractivity contribution < 1.29 is 4.92 Å². The molecule has 2 aromatic rings. The summed E-state index contributed by atoms with van der Waals surface area (Å²) in [5.41, 5.74) is 5.42. The van der Waals surface area contributed by atoms with E-state index in [-0.39, 0.29) is 5.69 Å². The standard InChI is InChI=1S/C13H12N4O2/c1-9-3-4-10(2)16(9)15-12-7-11(8-14)5-6-13(12)17(18)19/h3-7,15H,1-2H3. The lowest BCUT2D eigenvalue weighted by molar-refractivity contribution is -0.384. The van der Waals surface area contributed by atoms with Crippen LogP contribution in [0, 0.1) is 35.3 Å². The van der Waals surface area contributed by atoms with Crippen LogP contribution in [0.3, 0.4) is 0 Å². The van der Waals surface area contributed by atoms with Crippen molar-refractivity contribution in [2.45, 2.75) is 13.8 Å². The van der Waals surface area contributed by atoms with E-state index < -0.39 is 4.92 Å². The fraction of sp³-hybridized carbons (Fsp3) is 0.154. The zero-order valence-corrected chi connectivity index (χ0v) is 10.5. The minimum atomic E-state index is -0.475. The molecular weight excluding hydrogens is 244 g/mol. The highest BCUT2D eigenvalue weighted by molar-refractivity contribution is 5.64. The van der Waals surface area contributed by atoms with Gasteiger partial charge >= 0.3 is 0 Å². The number of hydrogen-bond donors (Lipinski definition) is 1. The van der Waals surface area contributed by atoms with Crippen LogP contribution < -0.4 is 5.43 Å². The van der Waals surface area contributed by atoms with Crippen molar-refractivity contribution in [2.75, 3.05) is 5.43 Å². The minimum absolute atomic E-state index is 0.0634. The van der Waals surface area contributed by atoms with Gasteiger partial charge in [-0.3, -0.25) is 20.2 Å². The zero-order valence-electron chi connectivity index (χ0n) is 10.5. The Kier molecular flexibility index (Phi) is 3.21. The summed E-state index contributed by atoms with van der Waals surface area (Å²) in [5.74, 6) is 0. The second kappa shape index (κ2) is 4.82. The quantitative estimate of drug-likeness (QED) is 0.676. The summed E-state index contributed by atoms with van der Waals surface area (Å²) in [6.07, 6.45) is 0. The Morgan fingerprint density at radius 1 is 1.26 bits per heavy atom. The lowest BCUT2D eigenvalue weighted by Gasteiger charge is -2.12. The fourth-order valence-corrected chi connectivity index (χ4v) is 1.82. The Labute approximate surface area is 110 Å². The Morgan fingerprint density at radius 2 is 1.89 bits per heavy atom. The summed E-state index contributed by atoms with van der Waals surface area (Å²) in [4.78, 5) is 10.5. The number of nitriles is 1. The molecule has 1 aromatic carbocycles. The van der Waals surface area contributed by atoms with Crippen LogP contribution >= 0.6 is 0 Å². The van der Waals surface area contributed by atoms with Crippen LogP contribution in [0.1, 0.15) is 17.0 Å². The molecule has 19 heavy (non-hydrogen) atoms. The van der Waals surface area contributed by atoms with Crippen LogP contribution in [-0.2, 0) is 0 Å². The van der Waals surface area contributed by atoms with Gasteiger partial charge in [-0.15, -0.1) is 0 Å². The third-order valence-electron chi connectivity index (χ3n) is 2.83. The Hall–Kier alpha value is -2.81. The molecule has 1 N–H and O–H groups in total. The van der Waals surface area contributed by atoms with Crippen molar-refractivity contribution in [1.82, 2.24) is 4.68 Å². The van der Waals surface area contributed by atoms with Crippen LogP contribution in [0.2, 0.25) is 0 Å². The first-order valence-electron chi connectivity index (χ1n) is 5.63. The van der Waals surface area contributed by atoms with E-state index in [1.165, 1.54) is 18.2 Å². The van der Waals surface area contributed by atoms with E-state index in [2.05, 4.69) is 5.43 Å². The average molecular weight is 256 g/mol. The van der Waals surface area contributed by atoms with E-state index in [0.717, 1.165) is 11.4 Å². The van der Waals surface area contributed by atoms with E-state index in [0.29, 0.717) is 11.3 Å². The van der Waals surface area contributed by atoms with Gasteiger partial charge in [0.05, 0.1) is 16.6 Å². The normalized spacial score (nSPS) is 9.95. The fourth-order valence-electron chi connectivity index (χ4n) is 1.82. The number of aromatic nitrogens is 1. The number of anilines is 1. The van der Waals surface area contributed by atoms with Crippen LogP contribution in [-0.4, -0.2) is 9.60 Å². The molecule has 0 atom stereocenters. The maximum atomic E-state index is 11.0. The molecule has 2 rings (SSSR count). The van der Waals surface area contributed by atoms with Crippen molar-refractivity contribution in [3.63, 3.8) is 0 Å². The van der Waals surface area contributed by atoms with E-state index in [1.807, 2.05) is 32.0 Å². The first kappa shape index (κ1) is 12.6. The smallest absolute Gasteiger partial charge is 0.288 e. The molecule has 0 spiro atoms. The van der Waals surface area contributed by atoms with Gasteiger partial charge in [-0.05, 0) is 38.1 Å². The first-order valence-corrected chi connectivity index (χ1v) is 5.63. The number of nitro groups is 1. The molecule has 0 aliphatic rings. The van der Waals surface area contributed by atoms with Gasteiger partial charge in [-0.1, -0.05) is 0 Å². The highest BCUT2D eigenvalue weighted by Crippen LogP contribution is 2.26. The lowest BCUT2D eigenvalue weighted by Crippen LogP contribution is -2.13. The number of nitrogens with zero attached hydrogens (tertiary/aromatic N) is 3. The summed E-state index contributed by atoms with van der Waals surface area (Å²) in [7, 11) is 0. The molecule has 0 unspecified atom stereocenters. The number of nitrogens with one attached hydrogen (secondary N) is 1. The predicted octanol–water partition coefficient (Wildman–Crippen LogP) is 2.76. The number of aryl methyl sites for hydroxylation is 2. The third kappa shape index (κ3) is 2.40. The molecule has 0 saturated heterocycles. The summed E-state index contributed by atoms with van der Waals surface area (Å²) in [6, 6.07) is 10.0. The second-order valence-electron chi connectivity index (χ2n) is 4.16. The largest absolute Gasteiger partial charge is 0.294 e. The van der Waals surface area contributed by atoms with Crippen LogP contribution in [0.25, 0.3) is 0 Å². The monoisotopic (exact) mass is 256 g/mol. The summed E-state index contributed by atoms with van der Waals surface area (Å²) < 4.78 is 1.74. The Morgan fingerprint density at radius 3 is 2.42 bits per heavy atom.